The van der Waals surface area contributed by atoms with Gasteiger partial charge >= 0.3 is 0 Å². The van der Waals surface area contributed by atoms with Crippen LogP contribution in [0.1, 0.15) is 22.7 Å². The molecule has 0 bridgehead atoms. The predicted molar refractivity (Wildman–Crippen MR) is 125 cm³/mol. The molecule has 1 amide bonds. The molecule has 1 aliphatic rings. The molecule has 0 aromatic heterocycles. The number of phenolic OH excluding ortho intramolecular Hbond substituents is 1. The summed E-state index contributed by atoms with van der Waals surface area (Å²) in [6, 6.07) is 19.4. The van der Waals surface area contributed by atoms with Crippen LogP contribution in [0.15, 0.2) is 78.4 Å². The van der Waals surface area contributed by atoms with Crippen molar-refractivity contribution in [3.63, 3.8) is 0 Å². The fourth-order valence-electron chi connectivity index (χ4n) is 3.98. The number of amides is 1. The van der Waals surface area contributed by atoms with Crippen LogP contribution in [0.25, 0.3) is 5.76 Å². The Morgan fingerprint density at radius 3 is 2.45 bits per heavy atom. The van der Waals surface area contributed by atoms with Crippen molar-refractivity contribution in [1.29, 1.82) is 0 Å². The molecule has 1 aliphatic heterocycles. The van der Waals surface area contributed by atoms with E-state index in [-0.39, 0.29) is 23.6 Å². The fourth-order valence-corrected chi connectivity index (χ4v) is 4.10. The van der Waals surface area contributed by atoms with Crippen molar-refractivity contribution >= 4 is 29.1 Å². The van der Waals surface area contributed by atoms with E-state index in [1.54, 1.807) is 48.5 Å². The fraction of sp³-hybridized carbons (Fsp3) is 0.154. The highest BCUT2D eigenvalue weighted by molar-refractivity contribution is 6.46. The number of aliphatic hydroxyl groups is 1. The number of nitrogens with zero attached hydrogens (tertiary/aromatic N) is 1. The Bertz CT molecular complexity index is 1240. The molecule has 168 valence electrons. The van der Waals surface area contributed by atoms with E-state index in [2.05, 4.69) is 0 Å². The molecule has 1 heterocycles. The standard InChI is InChI=1S/C26H22ClNO5/c1-33-21-7-3-5-18(15-21)24(30)22-23(17-4-2-6-20(29)14-17)28(26(32)25(22)31)13-12-16-8-10-19(27)11-9-16/h2-11,14-15,23,29-30H,12-13H2,1H3/b24-22-. The summed E-state index contributed by atoms with van der Waals surface area (Å²) in [7, 11) is 1.50. The Kier molecular flexibility index (Phi) is 6.38. The molecule has 1 fully saturated rings. The number of aromatic hydroxyl groups is 1. The molecular formula is C26H22ClNO5. The monoisotopic (exact) mass is 463 g/mol. The SMILES string of the molecule is COc1cccc(/C(O)=C2/C(=O)C(=O)N(CCc3ccc(Cl)cc3)C2c2cccc(O)c2)c1. The zero-order valence-electron chi connectivity index (χ0n) is 17.9. The van der Waals surface area contributed by atoms with Crippen molar-refractivity contribution in [1.82, 2.24) is 4.90 Å². The number of ketones is 1. The number of benzene rings is 3. The molecule has 3 aromatic carbocycles. The van der Waals surface area contributed by atoms with E-state index in [9.17, 15) is 19.8 Å². The largest absolute Gasteiger partial charge is 0.508 e. The first-order valence-corrected chi connectivity index (χ1v) is 10.7. The van der Waals surface area contributed by atoms with Gasteiger partial charge in [0.2, 0.25) is 0 Å². The van der Waals surface area contributed by atoms with Crippen molar-refractivity contribution in [2.45, 2.75) is 12.5 Å². The van der Waals surface area contributed by atoms with E-state index in [0.717, 1.165) is 5.56 Å². The van der Waals surface area contributed by atoms with Gasteiger partial charge in [0.05, 0.1) is 18.7 Å². The van der Waals surface area contributed by atoms with Crippen LogP contribution in [0.3, 0.4) is 0 Å². The summed E-state index contributed by atoms with van der Waals surface area (Å²) in [6.45, 7) is 0.238. The van der Waals surface area contributed by atoms with E-state index >= 15 is 0 Å². The Balaban J connectivity index is 1.78. The lowest BCUT2D eigenvalue weighted by atomic mass is 9.95. The number of rotatable bonds is 6. The number of halogens is 1. The molecule has 3 aromatic rings. The van der Waals surface area contributed by atoms with Gasteiger partial charge in [-0.2, -0.15) is 0 Å². The maximum absolute atomic E-state index is 13.1. The topological polar surface area (TPSA) is 87.1 Å². The zero-order chi connectivity index (χ0) is 23.5. The van der Waals surface area contributed by atoms with Crippen LogP contribution in [0.4, 0.5) is 0 Å². The number of likely N-dealkylation sites (tertiary alicyclic amines) is 1. The van der Waals surface area contributed by atoms with Crippen LogP contribution in [0.5, 0.6) is 11.5 Å². The van der Waals surface area contributed by atoms with Crippen LogP contribution in [-0.4, -0.2) is 40.5 Å². The van der Waals surface area contributed by atoms with Crippen LogP contribution in [0, 0.1) is 0 Å². The lowest BCUT2D eigenvalue weighted by Gasteiger charge is -2.25. The summed E-state index contributed by atoms with van der Waals surface area (Å²) < 4.78 is 5.22. The van der Waals surface area contributed by atoms with E-state index < -0.39 is 17.7 Å². The van der Waals surface area contributed by atoms with Crippen LogP contribution in [-0.2, 0) is 16.0 Å². The number of phenols is 1. The molecule has 4 rings (SSSR count). The van der Waals surface area contributed by atoms with Gasteiger partial charge in [0, 0.05) is 17.1 Å². The number of carbonyl (C=O) groups excluding carboxylic acids is 2. The summed E-state index contributed by atoms with van der Waals surface area (Å²) in [4.78, 5) is 27.6. The van der Waals surface area contributed by atoms with Crippen molar-refractivity contribution in [3.8, 4) is 11.5 Å². The van der Waals surface area contributed by atoms with Crippen molar-refractivity contribution < 1.29 is 24.5 Å². The van der Waals surface area contributed by atoms with Crippen LogP contribution >= 0.6 is 11.6 Å². The molecule has 1 unspecified atom stereocenters. The quantitative estimate of drug-likeness (QED) is 0.314. The zero-order valence-corrected chi connectivity index (χ0v) is 18.6. The molecule has 0 aliphatic carbocycles. The minimum atomic E-state index is -0.851. The molecule has 0 spiro atoms. The molecule has 1 atom stereocenters. The van der Waals surface area contributed by atoms with Gasteiger partial charge in [-0.1, -0.05) is 48.0 Å². The summed E-state index contributed by atoms with van der Waals surface area (Å²) in [5.74, 6) is -1.28. The number of ether oxygens (including phenoxy) is 1. The highest BCUT2D eigenvalue weighted by Gasteiger charge is 2.45. The maximum Gasteiger partial charge on any atom is 0.295 e. The molecule has 2 N–H and O–H groups in total. The number of hydrogen-bond acceptors (Lipinski definition) is 5. The second-order valence-electron chi connectivity index (χ2n) is 7.70. The first-order valence-electron chi connectivity index (χ1n) is 10.3. The molecule has 6 nitrogen and oxygen atoms in total. The van der Waals surface area contributed by atoms with Crippen molar-refractivity contribution in [2.75, 3.05) is 13.7 Å². The Labute approximate surface area is 196 Å². The van der Waals surface area contributed by atoms with Gasteiger partial charge in [0.1, 0.15) is 17.3 Å². The van der Waals surface area contributed by atoms with Gasteiger partial charge in [0.25, 0.3) is 11.7 Å². The maximum atomic E-state index is 13.1. The normalized spacial score (nSPS) is 17.4. The van der Waals surface area contributed by atoms with Gasteiger partial charge < -0.3 is 19.8 Å². The first kappa shape index (κ1) is 22.4. The van der Waals surface area contributed by atoms with Gasteiger partial charge in [-0.05, 0) is 53.9 Å². The molecule has 0 saturated carbocycles. The lowest BCUT2D eigenvalue weighted by Crippen LogP contribution is -2.31. The second kappa shape index (κ2) is 9.38. The highest BCUT2D eigenvalue weighted by atomic mass is 35.5. The number of hydrogen-bond donors (Lipinski definition) is 2. The van der Waals surface area contributed by atoms with E-state index in [1.807, 2.05) is 12.1 Å². The van der Waals surface area contributed by atoms with Crippen LogP contribution < -0.4 is 4.74 Å². The third kappa shape index (κ3) is 4.56. The average molecular weight is 464 g/mol. The first-order chi connectivity index (χ1) is 15.9. The number of carbonyl (C=O) groups is 2. The van der Waals surface area contributed by atoms with E-state index in [0.29, 0.717) is 28.3 Å². The smallest absolute Gasteiger partial charge is 0.295 e. The second-order valence-corrected chi connectivity index (χ2v) is 8.13. The summed E-state index contributed by atoms with van der Waals surface area (Å²) >= 11 is 5.96. The van der Waals surface area contributed by atoms with Crippen LogP contribution in [0.2, 0.25) is 5.02 Å². The third-order valence-corrected chi connectivity index (χ3v) is 5.88. The molecule has 7 heteroatoms. The van der Waals surface area contributed by atoms with Gasteiger partial charge in [-0.15, -0.1) is 0 Å². The molecule has 0 radical (unpaired) electrons. The molecule has 1 saturated heterocycles. The molecular weight excluding hydrogens is 442 g/mol. The minimum absolute atomic E-state index is 0.00262. The van der Waals surface area contributed by atoms with Gasteiger partial charge in [-0.25, -0.2) is 0 Å². The summed E-state index contributed by atoms with van der Waals surface area (Å²) in [5, 5.41) is 21.8. The third-order valence-electron chi connectivity index (χ3n) is 5.62. The highest BCUT2D eigenvalue weighted by Crippen LogP contribution is 2.40. The summed E-state index contributed by atoms with van der Waals surface area (Å²) in [5.41, 5.74) is 1.80. The van der Waals surface area contributed by atoms with E-state index in [1.165, 1.54) is 24.1 Å². The Morgan fingerprint density at radius 1 is 1.03 bits per heavy atom. The predicted octanol–water partition coefficient (Wildman–Crippen LogP) is 4.72. The van der Waals surface area contributed by atoms with Gasteiger partial charge in [0.15, 0.2) is 0 Å². The lowest BCUT2D eigenvalue weighted by molar-refractivity contribution is -0.139. The number of methoxy groups -OCH3 is 1. The Morgan fingerprint density at radius 2 is 1.76 bits per heavy atom. The average Bonchev–Trinajstić information content (AvgIpc) is 3.08. The Hall–Kier alpha value is -3.77. The van der Waals surface area contributed by atoms with Gasteiger partial charge in [-0.3, -0.25) is 9.59 Å². The van der Waals surface area contributed by atoms with Crippen molar-refractivity contribution in [2.24, 2.45) is 0 Å². The summed E-state index contributed by atoms with van der Waals surface area (Å²) in [6.07, 6.45) is 0.485. The van der Waals surface area contributed by atoms with E-state index in [4.69, 9.17) is 16.3 Å². The number of Topliss-reactive ketones (excluding diaryl/α,β-unsaturated/α-hetero) is 1. The number of aliphatic hydroxyl groups excluding tert-OH is 1. The minimum Gasteiger partial charge on any atom is -0.508 e. The molecule has 33 heavy (non-hydrogen) atoms. The van der Waals surface area contributed by atoms with Crippen molar-refractivity contribution in [3.05, 3.63) is 100 Å².